The molecule has 0 radical (unpaired) electrons. The molecule has 0 aliphatic heterocycles. The summed E-state index contributed by atoms with van der Waals surface area (Å²) >= 11 is 1.85. The molecule has 1 aromatic heterocycles. The lowest BCUT2D eigenvalue weighted by atomic mass is 9.90. The lowest BCUT2D eigenvalue weighted by Crippen LogP contribution is -1.97. The monoisotopic (exact) mass is 196 g/mol. The Balaban J connectivity index is 2.88. The first-order chi connectivity index (χ1) is 6.20. The average Bonchev–Trinajstić information content (AvgIpc) is 2.63. The van der Waals surface area contributed by atoms with E-state index in [2.05, 4.69) is 38.5 Å². The second kappa shape index (κ2) is 4.80. The molecule has 0 saturated carbocycles. The molecule has 0 aliphatic carbocycles. The highest BCUT2D eigenvalue weighted by atomic mass is 32.1. The zero-order chi connectivity index (χ0) is 9.84. The van der Waals surface area contributed by atoms with Gasteiger partial charge in [0.1, 0.15) is 0 Å². The van der Waals surface area contributed by atoms with Crippen LogP contribution in [0.4, 0.5) is 0 Å². The molecule has 0 saturated heterocycles. The normalized spacial score (nSPS) is 15.7. The van der Waals surface area contributed by atoms with Gasteiger partial charge in [-0.2, -0.15) is 11.3 Å². The first-order valence-corrected chi connectivity index (χ1v) is 6.20. The molecule has 0 aromatic carbocycles. The van der Waals surface area contributed by atoms with Gasteiger partial charge in [0.15, 0.2) is 0 Å². The van der Waals surface area contributed by atoms with Crippen molar-refractivity contribution >= 4 is 11.3 Å². The minimum Gasteiger partial charge on any atom is -0.152 e. The van der Waals surface area contributed by atoms with Crippen LogP contribution in [0.1, 0.15) is 63.5 Å². The van der Waals surface area contributed by atoms with E-state index in [0.29, 0.717) is 0 Å². The van der Waals surface area contributed by atoms with E-state index in [-0.39, 0.29) is 0 Å². The summed E-state index contributed by atoms with van der Waals surface area (Å²) in [5.74, 6) is 1.46. The largest absolute Gasteiger partial charge is 0.152 e. The van der Waals surface area contributed by atoms with E-state index in [9.17, 15) is 0 Å². The highest BCUT2D eigenvalue weighted by Crippen LogP contribution is 2.32. The van der Waals surface area contributed by atoms with E-state index >= 15 is 0 Å². The Morgan fingerprint density at radius 2 is 1.38 bits per heavy atom. The maximum absolute atomic E-state index is 2.33. The summed E-state index contributed by atoms with van der Waals surface area (Å²) in [4.78, 5) is 0. The third-order valence-corrected chi connectivity index (χ3v) is 3.79. The van der Waals surface area contributed by atoms with Gasteiger partial charge in [-0.05, 0) is 46.6 Å². The van der Waals surface area contributed by atoms with Crippen molar-refractivity contribution in [3.8, 4) is 0 Å². The molecule has 2 unspecified atom stereocenters. The second-order valence-corrected chi connectivity index (χ2v) is 4.64. The summed E-state index contributed by atoms with van der Waals surface area (Å²) < 4.78 is 0. The van der Waals surface area contributed by atoms with Crippen molar-refractivity contribution in [1.29, 1.82) is 0 Å². The zero-order valence-corrected chi connectivity index (χ0v) is 9.95. The highest BCUT2D eigenvalue weighted by Gasteiger charge is 2.13. The minimum absolute atomic E-state index is 0.732. The third-order valence-electron chi connectivity index (χ3n) is 3.01. The van der Waals surface area contributed by atoms with Crippen LogP contribution in [0.25, 0.3) is 0 Å². The van der Waals surface area contributed by atoms with Crippen molar-refractivity contribution in [2.24, 2.45) is 0 Å². The smallest absolute Gasteiger partial charge is 0.00556 e. The molecule has 0 amide bonds. The molecule has 0 fully saturated rings. The SMILES string of the molecule is CCC(C)c1cscc1C(C)CC. The Bertz CT molecular complexity index is 225. The Morgan fingerprint density at radius 3 is 1.69 bits per heavy atom. The van der Waals surface area contributed by atoms with Crippen molar-refractivity contribution in [3.05, 3.63) is 21.9 Å². The van der Waals surface area contributed by atoms with E-state index < -0.39 is 0 Å². The van der Waals surface area contributed by atoms with Gasteiger partial charge in [0, 0.05) is 0 Å². The molecule has 0 N–H and O–H groups in total. The van der Waals surface area contributed by atoms with Gasteiger partial charge in [-0.15, -0.1) is 0 Å². The second-order valence-electron chi connectivity index (χ2n) is 3.90. The molecular weight excluding hydrogens is 176 g/mol. The molecule has 1 heterocycles. The molecule has 1 rings (SSSR count). The topological polar surface area (TPSA) is 0 Å². The number of hydrogen-bond acceptors (Lipinski definition) is 1. The minimum atomic E-state index is 0.732. The Morgan fingerprint density at radius 1 is 1.00 bits per heavy atom. The van der Waals surface area contributed by atoms with Gasteiger partial charge in [0.2, 0.25) is 0 Å². The van der Waals surface area contributed by atoms with Crippen molar-refractivity contribution in [1.82, 2.24) is 0 Å². The number of thiophene rings is 1. The van der Waals surface area contributed by atoms with Gasteiger partial charge in [-0.1, -0.05) is 27.7 Å². The van der Waals surface area contributed by atoms with Crippen molar-refractivity contribution in [2.75, 3.05) is 0 Å². The predicted octanol–water partition coefficient (Wildman–Crippen LogP) is 4.78. The molecule has 2 atom stereocenters. The lowest BCUT2D eigenvalue weighted by Gasteiger charge is -2.14. The fourth-order valence-corrected chi connectivity index (χ4v) is 2.66. The summed E-state index contributed by atoms with van der Waals surface area (Å²) in [6.45, 7) is 9.19. The van der Waals surface area contributed by atoms with Crippen LogP contribution < -0.4 is 0 Å². The van der Waals surface area contributed by atoms with Crippen LogP contribution in [0.3, 0.4) is 0 Å². The van der Waals surface area contributed by atoms with Crippen LogP contribution in [0.2, 0.25) is 0 Å². The molecule has 13 heavy (non-hydrogen) atoms. The van der Waals surface area contributed by atoms with Gasteiger partial charge in [0.25, 0.3) is 0 Å². The molecular formula is C12H20S. The standard InChI is InChI=1S/C12H20S/c1-5-9(3)11-7-13-8-12(11)10(4)6-2/h7-10H,5-6H2,1-4H3. The van der Waals surface area contributed by atoms with Crippen LogP contribution in [-0.2, 0) is 0 Å². The fraction of sp³-hybridized carbons (Fsp3) is 0.667. The molecule has 0 nitrogen and oxygen atoms in total. The average molecular weight is 196 g/mol. The molecule has 1 heteroatoms. The summed E-state index contributed by atoms with van der Waals surface area (Å²) in [5, 5.41) is 4.66. The van der Waals surface area contributed by atoms with E-state index in [4.69, 9.17) is 0 Å². The van der Waals surface area contributed by atoms with Crippen LogP contribution in [0.5, 0.6) is 0 Å². The van der Waals surface area contributed by atoms with Crippen molar-refractivity contribution < 1.29 is 0 Å². The van der Waals surface area contributed by atoms with E-state index in [1.54, 1.807) is 11.1 Å². The summed E-state index contributed by atoms with van der Waals surface area (Å²) in [7, 11) is 0. The van der Waals surface area contributed by atoms with Crippen molar-refractivity contribution in [3.63, 3.8) is 0 Å². The van der Waals surface area contributed by atoms with Crippen molar-refractivity contribution in [2.45, 2.75) is 52.4 Å². The number of hydrogen-bond donors (Lipinski definition) is 0. The van der Waals surface area contributed by atoms with Crippen LogP contribution in [0, 0.1) is 0 Å². The Hall–Kier alpha value is -0.300. The third kappa shape index (κ3) is 2.34. The van der Waals surface area contributed by atoms with Gasteiger partial charge >= 0.3 is 0 Å². The van der Waals surface area contributed by atoms with Gasteiger partial charge < -0.3 is 0 Å². The van der Waals surface area contributed by atoms with Crippen LogP contribution >= 0.6 is 11.3 Å². The predicted molar refractivity (Wildman–Crippen MR) is 61.7 cm³/mol. The summed E-state index contributed by atoms with van der Waals surface area (Å²) in [6.07, 6.45) is 2.50. The highest BCUT2D eigenvalue weighted by molar-refractivity contribution is 7.08. The van der Waals surface area contributed by atoms with Gasteiger partial charge in [-0.3, -0.25) is 0 Å². The van der Waals surface area contributed by atoms with Crippen LogP contribution in [-0.4, -0.2) is 0 Å². The Kier molecular flexibility index (Phi) is 3.98. The molecule has 0 aliphatic rings. The molecule has 0 bridgehead atoms. The molecule has 1 aromatic rings. The summed E-state index contributed by atoms with van der Waals surface area (Å²) in [5.41, 5.74) is 3.17. The summed E-state index contributed by atoms with van der Waals surface area (Å²) in [6, 6.07) is 0. The van der Waals surface area contributed by atoms with E-state index in [0.717, 1.165) is 11.8 Å². The zero-order valence-electron chi connectivity index (χ0n) is 9.13. The first-order valence-electron chi connectivity index (χ1n) is 5.26. The molecule has 74 valence electrons. The van der Waals surface area contributed by atoms with Gasteiger partial charge in [0.05, 0.1) is 0 Å². The fourth-order valence-electron chi connectivity index (χ4n) is 1.56. The molecule has 0 spiro atoms. The quantitative estimate of drug-likeness (QED) is 0.650. The van der Waals surface area contributed by atoms with Crippen LogP contribution in [0.15, 0.2) is 10.8 Å². The number of rotatable bonds is 4. The van der Waals surface area contributed by atoms with E-state index in [1.165, 1.54) is 12.8 Å². The lowest BCUT2D eigenvalue weighted by molar-refractivity contribution is 0.682. The maximum Gasteiger partial charge on any atom is -0.00556 e. The van der Waals surface area contributed by atoms with Gasteiger partial charge in [-0.25, -0.2) is 0 Å². The first kappa shape index (κ1) is 10.8. The van der Waals surface area contributed by atoms with E-state index in [1.807, 2.05) is 11.3 Å². The maximum atomic E-state index is 2.33. The Labute approximate surface area is 86.0 Å².